The van der Waals surface area contributed by atoms with Gasteiger partial charge in [0.1, 0.15) is 0 Å². The molecule has 0 aromatic heterocycles. The minimum absolute atomic E-state index is 0.243. The molecule has 0 spiro atoms. The Morgan fingerprint density at radius 3 is 1.58 bits per heavy atom. The van der Waals surface area contributed by atoms with Crippen LogP contribution < -0.4 is 0 Å². The fourth-order valence-corrected chi connectivity index (χ4v) is 2.93. The molecule has 136 valence electrons. The summed E-state index contributed by atoms with van der Waals surface area (Å²) in [5, 5.41) is 0. The van der Waals surface area contributed by atoms with E-state index in [9.17, 15) is 9.59 Å². The molecule has 0 radical (unpaired) electrons. The maximum Gasteiger partial charge on any atom is 0.309 e. The Kier molecular flexibility index (Phi) is 10.9. The van der Waals surface area contributed by atoms with Gasteiger partial charge in [-0.25, -0.2) is 0 Å². The van der Waals surface area contributed by atoms with E-state index in [1.165, 1.54) is 0 Å². The first-order valence-electron chi connectivity index (χ1n) is 9.33. The van der Waals surface area contributed by atoms with Crippen LogP contribution in [0, 0.1) is 11.8 Å². The van der Waals surface area contributed by atoms with Crippen LogP contribution in [0.3, 0.4) is 0 Å². The van der Waals surface area contributed by atoms with Crippen molar-refractivity contribution < 1.29 is 19.1 Å². The van der Waals surface area contributed by atoms with Gasteiger partial charge in [0.15, 0.2) is 0 Å². The fraction of sp³-hybridized carbons (Fsp3) is 0.700. The molecular formula is C20H32O4. The third kappa shape index (κ3) is 7.80. The van der Waals surface area contributed by atoms with Crippen molar-refractivity contribution in [1.29, 1.82) is 0 Å². The van der Waals surface area contributed by atoms with Gasteiger partial charge in [-0.3, -0.25) is 9.59 Å². The highest BCUT2D eigenvalue weighted by atomic mass is 16.5. The van der Waals surface area contributed by atoms with Crippen molar-refractivity contribution in [2.75, 3.05) is 13.2 Å². The second kappa shape index (κ2) is 12.8. The van der Waals surface area contributed by atoms with Gasteiger partial charge in [-0.1, -0.05) is 51.0 Å². The van der Waals surface area contributed by atoms with Crippen LogP contribution in [0.4, 0.5) is 0 Å². The standard InChI is InChI=1S/C20H32O4/c1-3-5-7-11-15-23-19(21)17-13-9-10-14-18(17)20(22)24-16-12-8-6-4-2/h5-8,17-18H,3-4,9-16H2,1-2H3/b7-5+,8-6+. The van der Waals surface area contributed by atoms with E-state index in [0.717, 1.165) is 51.4 Å². The van der Waals surface area contributed by atoms with Crippen molar-refractivity contribution in [3.05, 3.63) is 24.3 Å². The summed E-state index contributed by atoms with van der Waals surface area (Å²) >= 11 is 0. The molecule has 0 heterocycles. The summed E-state index contributed by atoms with van der Waals surface area (Å²) in [6.07, 6.45) is 15.0. The number of allylic oxidation sites excluding steroid dienone is 2. The lowest BCUT2D eigenvalue weighted by Crippen LogP contribution is -2.35. The Hall–Kier alpha value is -1.58. The number of rotatable bonds is 10. The molecule has 2 unspecified atom stereocenters. The Morgan fingerprint density at radius 1 is 0.792 bits per heavy atom. The Morgan fingerprint density at radius 2 is 1.21 bits per heavy atom. The number of hydrogen-bond acceptors (Lipinski definition) is 4. The molecule has 1 saturated carbocycles. The van der Waals surface area contributed by atoms with Crippen molar-refractivity contribution in [3.8, 4) is 0 Å². The van der Waals surface area contributed by atoms with Crippen LogP contribution in [-0.4, -0.2) is 25.2 Å². The predicted molar refractivity (Wildman–Crippen MR) is 95.5 cm³/mol. The zero-order chi connectivity index (χ0) is 17.6. The Balaban J connectivity index is 2.42. The van der Waals surface area contributed by atoms with Gasteiger partial charge in [0.25, 0.3) is 0 Å². The van der Waals surface area contributed by atoms with Gasteiger partial charge < -0.3 is 9.47 Å². The summed E-state index contributed by atoms with van der Waals surface area (Å²) in [5.74, 6) is -1.17. The molecule has 0 aromatic carbocycles. The van der Waals surface area contributed by atoms with Gasteiger partial charge in [-0.05, 0) is 38.5 Å². The van der Waals surface area contributed by atoms with E-state index >= 15 is 0 Å². The molecule has 1 fully saturated rings. The highest BCUT2D eigenvalue weighted by molar-refractivity contribution is 5.82. The SMILES string of the molecule is CC/C=C/CCOC(=O)C1CCCCC1C(=O)OCC/C=C/CC. The first-order valence-corrected chi connectivity index (χ1v) is 9.33. The lowest BCUT2D eigenvalue weighted by molar-refractivity contribution is -0.162. The van der Waals surface area contributed by atoms with Gasteiger partial charge in [0.2, 0.25) is 0 Å². The van der Waals surface area contributed by atoms with E-state index < -0.39 is 0 Å². The summed E-state index contributed by atoms with van der Waals surface area (Å²) in [7, 11) is 0. The van der Waals surface area contributed by atoms with Crippen LogP contribution in [0.5, 0.6) is 0 Å². The molecular weight excluding hydrogens is 304 g/mol. The van der Waals surface area contributed by atoms with Gasteiger partial charge in [-0.15, -0.1) is 0 Å². The molecule has 1 aliphatic carbocycles. The van der Waals surface area contributed by atoms with Crippen LogP contribution >= 0.6 is 0 Å². The summed E-state index contributed by atoms with van der Waals surface area (Å²) in [5.41, 5.74) is 0. The van der Waals surface area contributed by atoms with Gasteiger partial charge in [0.05, 0.1) is 25.0 Å². The van der Waals surface area contributed by atoms with Crippen molar-refractivity contribution >= 4 is 11.9 Å². The molecule has 0 N–H and O–H groups in total. The molecule has 0 bridgehead atoms. The van der Waals surface area contributed by atoms with Crippen molar-refractivity contribution in [2.45, 2.75) is 65.2 Å². The lowest BCUT2D eigenvalue weighted by Gasteiger charge is -2.28. The van der Waals surface area contributed by atoms with Gasteiger partial charge in [0, 0.05) is 0 Å². The summed E-state index contributed by atoms with van der Waals surface area (Å²) in [6.45, 7) is 4.91. The third-order valence-corrected chi connectivity index (χ3v) is 4.23. The number of ether oxygens (including phenoxy) is 2. The van der Waals surface area contributed by atoms with Crippen LogP contribution in [-0.2, 0) is 19.1 Å². The largest absolute Gasteiger partial charge is 0.465 e. The lowest BCUT2D eigenvalue weighted by atomic mass is 9.79. The number of hydrogen-bond donors (Lipinski definition) is 0. The molecule has 0 saturated heterocycles. The smallest absolute Gasteiger partial charge is 0.309 e. The highest BCUT2D eigenvalue weighted by Gasteiger charge is 2.37. The maximum absolute atomic E-state index is 12.3. The van der Waals surface area contributed by atoms with Crippen molar-refractivity contribution in [3.63, 3.8) is 0 Å². The van der Waals surface area contributed by atoms with Crippen LogP contribution in [0.2, 0.25) is 0 Å². The van der Waals surface area contributed by atoms with E-state index in [4.69, 9.17) is 9.47 Å². The molecule has 24 heavy (non-hydrogen) atoms. The number of carbonyl (C=O) groups is 2. The van der Waals surface area contributed by atoms with Crippen molar-refractivity contribution in [1.82, 2.24) is 0 Å². The molecule has 0 aliphatic heterocycles. The van der Waals surface area contributed by atoms with E-state index in [-0.39, 0.29) is 23.8 Å². The van der Waals surface area contributed by atoms with Gasteiger partial charge in [-0.2, -0.15) is 0 Å². The van der Waals surface area contributed by atoms with Crippen molar-refractivity contribution in [2.24, 2.45) is 11.8 Å². The first kappa shape index (κ1) is 20.5. The monoisotopic (exact) mass is 336 g/mol. The van der Waals surface area contributed by atoms with E-state index in [2.05, 4.69) is 26.0 Å². The molecule has 0 aromatic rings. The molecule has 2 atom stereocenters. The third-order valence-electron chi connectivity index (χ3n) is 4.23. The van der Waals surface area contributed by atoms with E-state index in [1.807, 2.05) is 12.2 Å². The van der Waals surface area contributed by atoms with E-state index in [0.29, 0.717) is 13.2 Å². The van der Waals surface area contributed by atoms with Crippen LogP contribution in [0.25, 0.3) is 0 Å². The summed E-state index contributed by atoms with van der Waals surface area (Å²) in [6, 6.07) is 0. The van der Waals surface area contributed by atoms with Crippen LogP contribution in [0.15, 0.2) is 24.3 Å². The second-order valence-electron chi connectivity index (χ2n) is 6.17. The predicted octanol–water partition coefficient (Wildman–Crippen LogP) is 4.59. The molecule has 1 rings (SSSR count). The summed E-state index contributed by atoms with van der Waals surface area (Å²) < 4.78 is 10.7. The average Bonchev–Trinajstić information content (AvgIpc) is 2.61. The molecule has 0 amide bonds. The molecule has 4 heteroatoms. The Bertz CT molecular complexity index is 385. The fourth-order valence-electron chi connectivity index (χ4n) is 2.93. The topological polar surface area (TPSA) is 52.6 Å². The molecule has 1 aliphatic rings. The normalized spacial score (nSPS) is 21.2. The maximum atomic E-state index is 12.3. The average molecular weight is 336 g/mol. The van der Waals surface area contributed by atoms with E-state index in [1.54, 1.807) is 0 Å². The quantitative estimate of drug-likeness (QED) is 0.332. The first-order chi connectivity index (χ1) is 11.7. The minimum Gasteiger partial charge on any atom is -0.465 e. The number of esters is 2. The Labute approximate surface area is 146 Å². The number of carbonyl (C=O) groups excluding carboxylic acids is 2. The highest BCUT2D eigenvalue weighted by Crippen LogP contribution is 2.32. The van der Waals surface area contributed by atoms with Gasteiger partial charge >= 0.3 is 11.9 Å². The van der Waals surface area contributed by atoms with Crippen LogP contribution in [0.1, 0.15) is 65.2 Å². The second-order valence-corrected chi connectivity index (χ2v) is 6.17. The zero-order valence-corrected chi connectivity index (χ0v) is 15.2. The molecule has 4 nitrogen and oxygen atoms in total. The summed E-state index contributed by atoms with van der Waals surface area (Å²) in [4.78, 5) is 24.6. The zero-order valence-electron chi connectivity index (χ0n) is 15.2. The minimum atomic E-state index is -0.340.